The Balaban J connectivity index is 2.14. The van der Waals surface area contributed by atoms with Crippen LogP contribution in [0.5, 0.6) is 0 Å². The lowest BCUT2D eigenvalue weighted by atomic mass is 9.89. The van der Waals surface area contributed by atoms with Crippen molar-refractivity contribution in [2.75, 3.05) is 12.3 Å². The first kappa shape index (κ1) is 12.0. The third-order valence-corrected chi connectivity index (χ3v) is 3.22. The number of anilines is 1. The van der Waals surface area contributed by atoms with E-state index in [-0.39, 0.29) is 5.82 Å². The summed E-state index contributed by atoms with van der Waals surface area (Å²) >= 11 is 0. The molecule has 0 bridgehead atoms. The maximum absolute atomic E-state index is 11.6. The van der Waals surface area contributed by atoms with E-state index in [1.807, 2.05) is 0 Å². The first-order valence-electron chi connectivity index (χ1n) is 6.25. The number of rotatable bonds is 3. The number of hydrogen-bond acceptors (Lipinski definition) is 4. The minimum atomic E-state index is -0.417. The molecule has 1 aliphatic carbocycles. The van der Waals surface area contributed by atoms with E-state index in [2.05, 4.69) is 9.97 Å². The van der Waals surface area contributed by atoms with E-state index in [0.717, 1.165) is 18.7 Å². The van der Waals surface area contributed by atoms with Gasteiger partial charge in [-0.2, -0.15) is 0 Å². The van der Waals surface area contributed by atoms with Gasteiger partial charge in [-0.3, -0.25) is 0 Å². The fourth-order valence-electron chi connectivity index (χ4n) is 2.33. The number of carbonyl (C=O) groups is 1. The van der Waals surface area contributed by atoms with Crippen LogP contribution >= 0.6 is 0 Å². The zero-order valence-corrected chi connectivity index (χ0v) is 10.2. The van der Waals surface area contributed by atoms with Gasteiger partial charge in [-0.05, 0) is 19.8 Å². The summed E-state index contributed by atoms with van der Waals surface area (Å²) in [7, 11) is 0. The van der Waals surface area contributed by atoms with E-state index in [1.165, 1.54) is 19.3 Å². The topological polar surface area (TPSA) is 81.0 Å². The molecule has 94 valence electrons. The van der Waals surface area contributed by atoms with Crippen LogP contribution in [0, 0.1) is 0 Å². The number of nitrogens with zero attached hydrogens (tertiary/aromatic N) is 1. The average Bonchev–Trinajstić information content (AvgIpc) is 2.73. The van der Waals surface area contributed by atoms with Crippen LogP contribution in [0.15, 0.2) is 0 Å². The second-order valence-corrected chi connectivity index (χ2v) is 4.44. The molecule has 0 saturated heterocycles. The number of carbonyl (C=O) groups excluding carboxylic acids is 1. The largest absolute Gasteiger partial charge is 0.461 e. The molecule has 5 heteroatoms. The number of nitrogen functional groups attached to an aromatic ring is 1. The van der Waals surface area contributed by atoms with Gasteiger partial charge in [0, 0.05) is 5.92 Å². The molecule has 17 heavy (non-hydrogen) atoms. The number of H-pyrrole nitrogens is 1. The monoisotopic (exact) mass is 237 g/mol. The number of esters is 1. The molecule has 0 radical (unpaired) electrons. The van der Waals surface area contributed by atoms with Gasteiger partial charge in [-0.25, -0.2) is 9.78 Å². The first-order chi connectivity index (χ1) is 8.22. The number of aromatic amines is 1. The number of imidazole rings is 1. The quantitative estimate of drug-likeness (QED) is 0.790. The van der Waals surface area contributed by atoms with Crippen molar-refractivity contribution in [3.8, 4) is 0 Å². The molecule has 5 nitrogen and oxygen atoms in total. The summed E-state index contributed by atoms with van der Waals surface area (Å²) in [5.74, 6) is 1.09. The van der Waals surface area contributed by atoms with E-state index >= 15 is 0 Å². The second kappa shape index (κ2) is 5.21. The molecule has 1 heterocycles. The molecule has 1 aromatic heterocycles. The Morgan fingerprint density at radius 3 is 2.82 bits per heavy atom. The van der Waals surface area contributed by atoms with Gasteiger partial charge in [0.1, 0.15) is 5.82 Å². The second-order valence-electron chi connectivity index (χ2n) is 4.44. The molecule has 0 atom stereocenters. The molecule has 0 spiro atoms. The fourth-order valence-corrected chi connectivity index (χ4v) is 2.33. The molecular weight excluding hydrogens is 218 g/mol. The average molecular weight is 237 g/mol. The molecule has 1 aliphatic rings. The van der Waals surface area contributed by atoms with E-state index < -0.39 is 5.97 Å². The Bertz CT molecular complexity index is 394. The molecule has 0 unspecified atom stereocenters. The minimum Gasteiger partial charge on any atom is -0.461 e. The van der Waals surface area contributed by atoms with E-state index in [9.17, 15) is 4.79 Å². The van der Waals surface area contributed by atoms with Crippen LogP contribution < -0.4 is 5.73 Å². The van der Waals surface area contributed by atoms with Crippen LogP contribution in [-0.4, -0.2) is 22.5 Å². The number of ether oxygens (including phenoxy) is 1. The number of nitrogens with two attached hydrogens (primary N) is 1. The molecule has 3 N–H and O–H groups in total. The van der Waals surface area contributed by atoms with Crippen molar-refractivity contribution in [3.05, 3.63) is 11.5 Å². The van der Waals surface area contributed by atoms with Crippen molar-refractivity contribution in [2.24, 2.45) is 0 Å². The van der Waals surface area contributed by atoms with Crippen LogP contribution in [0.25, 0.3) is 0 Å². The highest BCUT2D eigenvalue weighted by molar-refractivity contribution is 5.92. The summed E-state index contributed by atoms with van der Waals surface area (Å²) in [6, 6.07) is 0. The molecule has 2 rings (SSSR count). The summed E-state index contributed by atoms with van der Waals surface area (Å²) in [5.41, 5.74) is 6.03. The van der Waals surface area contributed by atoms with Crippen molar-refractivity contribution in [1.82, 2.24) is 9.97 Å². The van der Waals surface area contributed by atoms with Gasteiger partial charge in [-0.1, -0.05) is 19.3 Å². The summed E-state index contributed by atoms with van der Waals surface area (Å²) in [6.45, 7) is 2.11. The maximum Gasteiger partial charge on any atom is 0.358 e. The molecule has 1 fully saturated rings. The van der Waals surface area contributed by atoms with Gasteiger partial charge in [0.05, 0.1) is 6.61 Å². The molecule has 1 aromatic rings. The number of nitrogens with one attached hydrogen (secondary N) is 1. The van der Waals surface area contributed by atoms with Crippen molar-refractivity contribution in [3.63, 3.8) is 0 Å². The third kappa shape index (κ3) is 2.60. The molecule has 1 saturated carbocycles. The third-order valence-electron chi connectivity index (χ3n) is 3.22. The molecule has 0 aromatic carbocycles. The smallest absolute Gasteiger partial charge is 0.358 e. The van der Waals surface area contributed by atoms with Crippen LogP contribution in [-0.2, 0) is 4.74 Å². The van der Waals surface area contributed by atoms with Crippen molar-refractivity contribution >= 4 is 11.8 Å². The Morgan fingerprint density at radius 2 is 2.18 bits per heavy atom. The zero-order valence-electron chi connectivity index (χ0n) is 10.2. The minimum absolute atomic E-state index is 0.254. The van der Waals surface area contributed by atoms with Gasteiger partial charge in [-0.15, -0.1) is 0 Å². The predicted molar refractivity (Wildman–Crippen MR) is 64.8 cm³/mol. The molecular formula is C12H19N3O2. The predicted octanol–water partition coefficient (Wildman–Crippen LogP) is 2.22. The van der Waals surface area contributed by atoms with Crippen LogP contribution in [0.4, 0.5) is 5.82 Å². The Labute approximate surface area is 101 Å². The van der Waals surface area contributed by atoms with Crippen molar-refractivity contribution in [1.29, 1.82) is 0 Å². The summed E-state index contributed by atoms with van der Waals surface area (Å²) in [4.78, 5) is 18.9. The Kier molecular flexibility index (Phi) is 3.66. The number of hydrogen-bond donors (Lipinski definition) is 2. The van der Waals surface area contributed by atoms with Crippen molar-refractivity contribution in [2.45, 2.75) is 44.9 Å². The highest BCUT2D eigenvalue weighted by atomic mass is 16.5. The standard InChI is InChI=1S/C12H19N3O2/c1-2-17-12(16)9-10(13)15-11(14-9)8-6-4-3-5-7-8/h8H,2-7,13H2,1H3,(H,14,15). The van der Waals surface area contributed by atoms with Crippen LogP contribution in [0.2, 0.25) is 0 Å². The summed E-state index contributed by atoms with van der Waals surface area (Å²) < 4.78 is 4.92. The SMILES string of the molecule is CCOC(=O)c1[nH]c(C2CCCCC2)nc1N. The van der Waals surface area contributed by atoms with Crippen molar-refractivity contribution < 1.29 is 9.53 Å². The fraction of sp³-hybridized carbons (Fsp3) is 0.667. The lowest BCUT2D eigenvalue weighted by Crippen LogP contribution is -2.09. The van der Waals surface area contributed by atoms with E-state index in [0.29, 0.717) is 18.2 Å². The van der Waals surface area contributed by atoms with Crippen LogP contribution in [0.3, 0.4) is 0 Å². The molecule has 0 aliphatic heterocycles. The maximum atomic E-state index is 11.6. The van der Waals surface area contributed by atoms with Gasteiger partial charge < -0.3 is 15.5 Å². The highest BCUT2D eigenvalue weighted by Gasteiger charge is 2.22. The lowest BCUT2D eigenvalue weighted by molar-refractivity contribution is 0.0521. The first-order valence-corrected chi connectivity index (χ1v) is 6.25. The van der Waals surface area contributed by atoms with Crippen LogP contribution in [0.1, 0.15) is 61.3 Å². The Hall–Kier alpha value is -1.52. The summed E-state index contributed by atoms with van der Waals surface area (Å²) in [5, 5.41) is 0. The molecule has 0 amide bonds. The zero-order chi connectivity index (χ0) is 12.3. The van der Waals surface area contributed by atoms with Gasteiger partial charge in [0.15, 0.2) is 11.5 Å². The van der Waals surface area contributed by atoms with Gasteiger partial charge >= 0.3 is 5.97 Å². The van der Waals surface area contributed by atoms with E-state index in [1.54, 1.807) is 6.92 Å². The summed E-state index contributed by atoms with van der Waals surface area (Å²) in [6.07, 6.45) is 5.97. The van der Waals surface area contributed by atoms with E-state index in [4.69, 9.17) is 10.5 Å². The van der Waals surface area contributed by atoms with Gasteiger partial charge in [0.25, 0.3) is 0 Å². The lowest BCUT2D eigenvalue weighted by Gasteiger charge is -2.19. The Morgan fingerprint density at radius 1 is 1.47 bits per heavy atom. The highest BCUT2D eigenvalue weighted by Crippen LogP contribution is 2.31. The number of aromatic nitrogens is 2. The normalized spacial score (nSPS) is 17.0. The van der Waals surface area contributed by atoms with Gasteiger partial charge in [0.2, 0.25) is 0 Å².